The molecule has 1 saturated heterocycles. The first-order valence-corrected chi connectivity index (χ1v) is 7.15. The highest BCUT2D eigenvalue weighted by Crippen LogP contribution is 2.21. The number of halogens is 4. The molecule has 1 aliphatic heterocycles. The Kier molecular flexibility index (Phi) is 7.30. The van der Waals surface area contributed by atoms with E-state index < -0.39 is 12.1 Å². The maximum Gasteiger partial charge on any atom is 0.490 e. The van der Waals surface area contributed by atoms with Gasteiger partial charge in [-0.2, -0.15) is 13.2 Å². The largest absolute Gasteiger partial charge is 0.490 e. The number of nitrogens with zero attached hydrogens (tertiary/aromatic N) is 1. The SMILES string of the molecule is COC(=O)[C@H]1CNCCN1c1ccc(Cl)cc1.O=C(O)C(F)(F)F. The van der Waals surface area contributed by atoms with Crippen LogP contribution in [0.5, 0.6) is 0 Å². The molecule has 1 aliphatic rings. The lowest BCUT2D eigenvalue weighted by atomic mass is 10.1. The van der Waals surface area contributed by atoms with Gasteiger partial charge in [-0.25, -0.2) is 9.59 Å². The topological polar surface area (TPSA) is 78.9 Å². The molecule has 2 rings (SSSR count). The highest BCUT2D eigenvalue weighted by Gasteiger charge is 2.38. The van der Waals surface area contributed by atoms with Crippen LogP contribution < -0.4 is 10.2 Å². The fraction of sp³-hybridized carbons (Fsp3) is 0.429. The number of ether oxygens (including phenoxy) is 1. The molecule has 1 aromatic rings. The van der Waals surface area contributed by atoms with Crippen LogP contribution >= 0.6 is 11.6 Å². The van der Waals surface area contributed by atoms with Gasteiger partial charge >= 0.3 is 18.1 Å². The van der Waals surface area contributed by atoms with Gasteiger partial charge in [0.25, 0.3) is 0 Å². The normalized spacial score (nSPS) is 17.5. The zero-order valence-electron chi connectivity index (χ0n) is 12.6. The predicted octanol–water partition coefficient (Wildman–Crippen LogP) is 1.92. The van der Waals surface area contributed by atoms with Gasteiger partial charge in [0.1, 0.15) is 6.04 Å². The molecule has 10 heteroatoms. The molecule has 0 amide bonds. The molecule has 0 spiro atoms. The summed E-state index contributed by atoms with van der Waals surface area (Å²) in [5.74, 6) is -2.97. The molecule has 0 radical (unpaired) electrons. The Morgan fingerprint density at radius 1 is 1.33 bits per heavy atom. The van der Waals surface area contributed by atoms with E-state index in [0.717, 1.165) is 18.8 Å². The van der Waals surface area contributed by atoms with Crippen LogP contribution in [0.2, 0.25) is 5.02 Å². The Morgan fingerprint density at radius 3 is 2.33 bits per heavy atom. The van der Waals surface area contributed by atoms with Gasteiger partial charge in [0.15, 0.2) is 0 Å². The van der Waals surface area contributed by atoms with Crippen molar-refractivity contribution in [3.63, 3.8) is 0 Å². The molecule has 0 bridgehead atoms. The van der Waals surface area contributed by atoms with Gasteiger partial charge in [-0.15, -0.1) is 0 Å². The first kappa shape index (κ1) is 20.0. The molecule has 24 heavy (non-hydrogen) atoms. The number of alkyl halides is 3. The molecule has 1 atom stereocenters. The third-order valence-electron chi connectivity index (χ3n) is 3.12. The Bertz CT molecular complexity index is 566. The summed E-state index contributed by atoms with van der Waals surface area (Å²) < 4.78 is 36.6. The molecule has 1 heterocycles. The Hall–Kier alpha value is -2.00. The smallest absolute Gasteiger partial charge is 0.475 e. The van der Waals surface area contributed by atoms with Crippen LogP contribution in [0.25, 0.3) is 0 Å². The van der Waals surface area contributed by atoms with Crippen LogP contribution in [-0.2, 0) is 14.3 Å². The van der Waals surface area contributed by atoms with Gasteiger partial charge in [0.05, 0.1) is 7.11 Å². The highest BCUT2D eigenvalue weighted by atomic mass is 35.5. The quantitative estimate of drug-likeness (QED) is 0.777. The van der Waals surface area contributed by atoms with Crippen LogP contribution in [0.3, 0.4) is 0 Å². The maximum absolute atomic E-state index is 11.7. The summed E-state index contributed by atoms with van der Waals surface area (Å²) >= 11 is 5.85. The fourth-order valence-corrected chi connectivity index (χ4v) is 2.12. The number of aliphatic carboxylic acids is 1. The van der Waals surface area contributed by atoms with Crippen molar-refractivity contribution in [1.82, 2.24) is 5.32 Å². The number of hydrogen-bond acceptors (Lipinski definition) is 5. The summed E-state index contributed by atoms with van der Waals surface area (Å²) in [6.45, 7) is 2.24. The number of carboxylic acid groups (broad SMARTS) is 1. The van der Waals surface area contributed by atoms with Crippen molar-refractivity contribution >= 4 is 29.2 Å². The van der Waals surface area contributed by atoms with Crippen molar-refractivity contribution in [3.8, 4) is 0 Å². The average Bonchev–Trinajstić information content (AvgIpc) is 2.54. The molecule has 1 aromatic carbocycles. The Balaban J connectivity index is 0.000000351. The molecule has 1 fully saturated rings. The van der Waals surface area contributed by atoms with E-state index in [4.69, 9.17) is 26.2 Å². The molecular weight excluding hydrogens is 353 g/mol. The minimum Gasteiger partial charge on any atom is -0.475 e. The summed E-state index contributed by atoms with van der Waals surface area (Å²) in [6, 6.07) is 7.23. The van der Waals surface area contributed by atoms with Crippen LogP contribution in [0.4, 0.5) is 18.9 Å². The number of carbonyl (C=O) groups excluding carboxylic acids is 1. The lowest BCUT2D eigenvalue weighted by molar-refractivity contribution is -0.192. The van der Waals surface area contributed by atoms with Crippen LogP contribution in [-0.4, -0.2) is 56.0 Å². The summed E-state index contributed by atoms with van der Waals surface area (Å²) in [7, 11) is 1.41. The van der Waals surface area contributed by atoms with Gasteiger partial charge in [0.2, 0.25) is 0 Å². The second-order valence-corrected chi connectivity index (χ2v) is 5.15. The van der Waals surface area contributed by atoms with Crippen molar-refractivity contribution in [3.05, 3.63) is 29.3 Å². The van der Waals surface area contributed by atoms with E-state index in [1.54, 1.807) is 0 Å². The monoisotopic (exact) mass is 368 g/mol. The molecule has 0 aliphatic carbocycles. The number of methoxy groups -OCH3 is 1. The van der Waals surface area contributed by atoms with Gasteiger partial charge < -0.3 is 20.1 Å². The standard InChI is InChI=1S/C12H15ClN2O2.C2HF3O2/c1-17-12(16)11-8-14-6-7-15(11)10-4-2-9(13)3-5-10;3-2(4,5)1(6)7/h2-5,11,14H,6-8H2,1H3;(H,6,7)/t11-;/m1./s1. The van der Waals surface area contributed by atoms with Gasteiger partial charge in [-0.1, -0.05) is 11.6 Å². The average molecular weight is 369 g/mol. The van der Waals surface area contributed by atoms with E-state index >= 15 is 0 Å². The van der Waals surface area contributed by atoms with Gasteiger partial charge in [-0.3, -0.25) is 0 Å². The summed E-state index contributed by atoms with van der Waals surface area (Å²) in [6.07, 6.45) is -5.08. The Labute approximate surface area is 141 Å². The van der Waals surface area contributed by atoms with Gasteiger partial charge in [0, 0.05) is 30.3 Å². The first-order chi connectivity index (χ1) is 11.2. The molecule has 0 unspecified atom stereocenters. The number of piperazine rings is 1. The molecule has 0 saturated carbocycles. The number of benzene rings is 1. The minimum atomic E-state index is -5.08. The van der Waals surface area contributed by atoms with E-state index in [1.807, 2.05) is 29.2 Å². The van der Waals surface area contributed by atoms with Crippen molar-refractivity contribution in [2.45, 2.75) is 12.2 Å². The van der Waals surface area contributed by atoms with E-state index in [0.29, 0.717) is 11.6 Å². The second kappa shape index (κ2) is 8.74. The highest BCUT2D eigenvalue weighted by molar-refractivity contribution is 6.30. The van der Waals surface area contributed by atoms with Crippen LogP contribution in [0.1, 0.15) is 0 Å². The number of rotatable bonds is 2. The lowest BCUT2D eigenvalue weighted by Gasteiger charge is -2.36. The third-order valence-corrected chi connectivity index (χ3v) is 3.37. The van der Waals surface area contributed by atoms with Gasteiger partial charge in [-0.05, 0) is 24.3 Å². The van der Waals surface area contributed by atoms with E-state index in [1.165, 1.54) is 7.11 Å². The lowest BCUT2D eigenvalue weighted by Crippen LogP contribution is -2.55. The van der Waals surface area contributed by atoms with Crippen molar-refractivity contribution in [2.24, 2.45) is 0 Å². The molecule has 2 N–H and O–H groups in total. The van der Waals surface area contributed by atoms with E-state index in [9.17, 15) is 18.0 Å². The molecular formula is C14H16ClF3N2O4. The number of carbonyl (C=O) groups is 2. The molecule has 6 nitrogen and oxygen atoms in total. The van der Waals surface area contributed by atoms with Crippen molar-refractivity contribution in [2.75, 3.05) is 31.6 Å². The van der Waals surface area contributed by atoms with E-state index in [2.05, 4.69) is 5.32 Å². The summed E-state index contributed by atoms with van der Waals surface area (Å²) in [5, 5.41) is 11.0. The third kappa shape index (κ3) is 5.89. The van der Waals surface area contributed by atoms with Crippen molar-refractivity contribution < 1.29 is 32.6 Å². The van der Waals surface area contributed by atoms with E-state index in [-0.39, 0.29) is 12.0 Å². The Morgan fingerprint density at radius 2 is 1.88 bits per heavy atom. The number of esters is 1. The first-order valence-electron chi connectivity index (χ1n) is 6.77. The second-order valence-electron chi connectivity index (χ2n) is 4.72. The number of hydrogen-bond donors (Lipinski definition) is 2. The zero-order valence-corrected chi connectivity index (χ0v) is 13.4. The molecule has 0 aromatic heterocycles. The maximum atomic E-state index is 11.7. The summed E-state index contributed by atoms with van der Waals surface area (Å²) in [5.41, 5.74) is 0.992. The van der Waals surface area contributed by atoms with Crippen molar-refractivity contribution in [1.29, 1.82) is 0 Å². The molecule has 134 valence electrons. The predicted molar refractivity (Wildman–Crippen MR) is 81.2 cm³/mol. The summed E-state index contributed by atoms with van der Waals surface area (Å²) in [4.78, 5) is 22.6. The number of nitrogens with one attached hydrogen (secondary N) is 1. The zero-order chi connectivity index (χ0) is 18.3. The van der Waals surface area contributed by atoms with Crippen LogP contribution in [0, 0.1) is 0 Å². The minimum absolute atomic E-state index is 0.216. The fourth-order valence-electron chi connectivity index (χ4n) is 1.99. The number of anilines is 1. The van der Waals surface area contributed by atoms with Crippen LogP contribution in [0.15, 0.2) is 24.3 Å². The number of carboxylic acids is 1.